The predicted molar refractivity (Wildman–Crippen MR) is 95.3 cm³/mol. The third kappa shape index (κ3) is 3.13. The van der Waals surface area contributed by atoms with Crippen molar-refractivity contribution in [2.75, 3.05) is 13.6 Å². The molecule has 1 saturated carbocycles. The molecule has 1 N–H and O–H groups in total. The van der Waals surface area contributed by atoms with Crippen LogP contribution in [0.1, 0.15) is 44.6 Å². The zero-order valence-electron chi connectivity index (χ0n) is 13.2. The molecular formula is C17H23ClN2OS. The number of benzene rings is 1. The fraction of sp³-hybridized carbons (Fsp3) is 0.529. The van der Waals surface area contributed by atoms with Gasteiger partial charge < -0.3 is 10.2 Å². The lowest BCUT2D eigenvalue weighted by atomic mass is 9.74. The summed E-state index contributed by atoms with van der Waals surface area (Å²) in [5.74, 6) is 0.204. The van der Waals surface area contributed by atoms with E-state index in [9.17, 15) is 4.79 Å². The number of carbonyl (C=O) groups is 1. The Hall–Kier alpha value is -1.13. The van der Waals surface area contributed by atoms with Crippen LogP contribution in [0.4, 0.5) is 0 Å². The van der Waals surface area contributed by atoms with Crippen molar-refractivity contribution < 1.29 is 4.79 Å². The van der Waals surface area contributed by atoms with Gasteiger partial charge in [0.2, 0.25) is 0 Å². The van der Waals surface area contributed by atoms with Crippen LogP contribution >= 0.6 is 23.8 Å². The molecule has 0 heterocycles. The maximum Gasteiger partial charge on any atom is 0.169 e. The molecule has 0 bridgehead atoms. The number of thiocarbonyl (C=S) groups is 1. The number of hydrogen-bond acceptors (Lipinski definition) is 2. The number of likely N-dealkylation sites (N-methyl/N-ethyl adjacent to an activating group) is 1. The van der Waals surface area contributed by atoms with Crippen LogP contribution in [-0.4, -0.2) is 29.4 Å². The first-order chi connectivity index (χ1) is 10.5. The van der Waals surface area contributed by atoms with Gasteiger partial charge >= 0.3 is 0 Å². The van der Waals surface area contributed by atoms with Gasteiger partial charge in [0.25, 0.3) is 0 Å². The summed E-state index contributed by atoms with van der Waals surface area (Å²) in [4.78, 5) is 14.8. The van der Waals surface area contributed by atoms with E-state index in [1.54, 1.807) is 0 Å². The van der Waals surface area contributed by atoms with Gasteiger partial charge in [0.05, 0.1) is 0 Å². The maximum absolute atomic E-state index is 12.9. The third-order valence-electron chi connectivity index (χ3n) is 4.38. The minimum absolute atomic E-state index is 0.204. The molecule has 0 aliphatic heterocycles. The molecule has 1 unspecified atom stereocenters. The molecule has 5 heteroatoms. The Bertz CT molecular complexity index is 563. The second-order valence-electron chi connectivity index (χ2n) is 5.76. The molecule has 0 aromatic heterocycles. The van der Waals surface area contributed by atoms with E-state index in [0.29, 0.717) is 16.6 Å². The van der Waals surface area contributed by atoms with Crippen molar-refractivity contribution in [1.29, 1.82) is 0 Å². The highest BCUT2D eigenvalue weighted by Crippen LogP contribution is 2.42. The Balaban J connectivity index is 2.45. The molecule has 3 nitrogen and oxygen atoms in total. The smallest absolute Gasteiger partial charge is 0.169 e. The molecule has 0 saturated heterocycles. The van der Waals surface area contributed by atoms with E-state index < -0.39 is 5.54 Å². The fourth-order valence-corrected chi connectivity index (χ4v) is 3.70. The van der Waals surface area contributed by atoms with E-state index >= 15 is 0 Å². The number of halogens is 1. The van der Waals surface area contributed by atoms with Crippen LogP contribution in [0.3, 0.4) is 0 Å². The van der Waals surface area contributed by atoms with Gasteiger partial charge in [0.15, 0.2) is 10.9 Å². The Kier molecular flexibility index (Phi) is 5.81. The molecule has 120 valence electrons. The van der Waals surface area contributed by atoms with Gasteiger partial charge in [-0.1, -0.05) is 36.7 Å². The van der Waals surface area contributed by atoms with Crippen LogP contribution < -0.4 is 5.32 Å². The van der Waals surface area contributed by atoms with E-state index in [-0.39, 0.29) is 5.78 Å². The normalized spacial score (nSPS) is 21.5. The Labute approximate surface area is 143 Å². The summed E-state index contributed by atoms with van der Waals surface area (Å²) >= 11 is 11.9. The summed E-state index contributed by atoms with van der Waals surface area (Å²) in [6.07, 6.45) is 4.25. The average molecular weight is 339 g/mol. The highest BCUT2D eigenvalue weighted by atomic mass is 35.5. The van der Waals surface area contributed by atoms with Gasteiger partial charge in [0.1, 0.15) is 5.54 Å². The number of rotatable bonds is 4. The number of ketones is 1. The van der Waals surface area contributed by atoms with Gasteiger partial charge in [0, 0.05) is 30.6 Å². The van der Waals surface area contributed by atoms with Crippen molar-refractivity contribution in [1.82, 2.24) is 10.2 Å². The number of Topliss-reactive ketones (excluding diaryl/α,β-unsaturated/α-hetero) is 1. The van der Waals surface area contributed by atoms with Crippen molar-refractivity contribution in [2.45, 2.75) is 44.6 Å². The highest BCUT2D eigenvalue weighted by molar-refractivity contribution is 7.80. The summed E-state index contributed by atoms with van der Waals surface area (Å²) < 4.78 is 0. The van der Waals surface area contributed by atoms with Crippen molar-refractivity contribution in [2.24, 2.45) is 0 Å². The van der Waals surface area contributed by atoms with Gasteiger partial charge in [-0.25, -0.2) is 0 Å². The monoisotopic (exact) mass is 338 g/mol. The molecule has 2 rings (SSSR count). The molecule has 0 amide bonds. The topological polar surface area (TPSA) is 32.3 Å². The van der Waals surface area contributed by atoms with Crippen molar-refractivity contribution in [3.8, 4) is 0 Å². The van der Waals surface area contributed by atoms with E-state index in [0.717, 1.165) is 37.8 Å². The quantitative estimate of drug-likeness (QED) is 0.844. The van der Waals surface area contributed by atoms with E-state index in [1.807, 2.05) is 36.2 Å². The van der Waals surface area contributed by atoms with Crippen molar-refractivity contribution in [3.63, 3.8) is 0 Å². The zero-order valence-corrected chi connectivity index (χ0v) is 14.8. The summed E-state index contributed by atoms with van der Waals surface area (Å²) in [5.41, 5.74) is 0.124. The zero-order chi connectivity index (χ0) is 16.2. The van der Waals surface area contributed by atoms with Crippen molar-refractivity contribution >= 4 is 34.7 Å². The van der Waals surface area contributed by atoms with Gasteiger partial charge in [-0.3, -0.25) is 4.79 Å². The van der Waals surface area contributed by atoms with E-state index in [2.05, 4.69) is 12.2 Å². The lowest BCUT2D eigenvalue weighted by Crippen LogP contribution is -2.56. The Morgan fingerprint density at radius 3 is 2.77 bits per heavy atom. The molecule has 1 aromatic carbocycles. The molecule has 22 heavy (non-hydrogen) atoms. The molecule has 1 aromatic rings. The van der Waals surface area contributed by atoms with Crippen LogP contribution in [0, 0.1) is 0 Å². The number of nitrogens with zero attached hydrogens (tertiary/aromatic N) is 1. The SMILES string of the molecule is CCCNC(=S)N(C)C1(c2ccccc2Cl)CCCCC1=O. The van der Waals surface area contributed by atoms with Crippen LogP contribution in [0.5, 0.6) is 0 Å². The number of nitrogens with one attached hydrogen (secondary N) is 1. The fourth-order valence-electron chi connectivity index (χ4n) is 3.15. The summed E-state index contributed by atoms with van der Waals surface area (Å²) in [5, 5.41) is 4.46. The van der Waals surface area contributed by atoms with E-state index in [1.165, 1.54) is 0 Å². The van der Waals surface area contributed by atoms with Crippen LogP contribution in [0.25, 0.3) is 0 Å². The number of hydrogen-bond donors (Lipinski definition) is 1. The molecule has 0 radical (unpaired) electrons. The van der Waals surface area contributed by atoms with Gasteiger partial charge in [-0.05, 0) is 44.0 Å². The van der Waals surface area contributed by atoms with Gasteiger partial charge in [-0.2, -0.15) is 0 Å². The summed E-state index contributed by atoms with van der Waals surface area (Å²) in [6.45, 7) is 2.89. The molecule has 1 aliphatic rings. The van der Waals surface area contributed by atoms with Crippen LogP contribution in [-0.2, 0) is 10.3 Å². The van der Waals surface area contributed by atoms with Crippen LogP contribution in [0.2, 0.25) is 5.02 Å². The molecule has 1 aliphatic carbocycles. The Morgan fingerprint density at radius 1 is 1.41 bits per heavy atom. The minimum Gasteiger partial charge on any atom is -0.363 e. The molecular weight excluding hydrogens is 316 g/mol. The summed E-state index contributed by atoms with van der Waals surface area (Å²) in [6, 6.07) is 7.61. The first kappa shape index (κ1) is 17.2. The maximum atomic E-state index is 12.9. The standard InChI is InChI=1S/C17H23ClN2OS/c1-3-12-19-16(22)20(2)17(11-7-6-10-15(17)21)13-8-4-5-9-14(13)18/h4-5,8-9H,3,6-7,10-12H2,1-2H3,(H,19,22). The van der Waals surface area contributed by atoms with Gasteiger partial charge in [-0.15, -0.1) is 0 Å². The Morgan fingerprint density at radius 2 is 2.14 bits per heavy atom. The minimum atomic E-state index is -0.742. The first-order valence-corrected chi connectivity index (χ1v) is 8.62. The average Bonchev–Trinajstić information content (AvgIpc) is 2.53. The van der Waals surface area contributed by atoms with Crippen LogP contribution in [0.15, 0.2) is 24.3 Å². The largest absolute Gasteiger partial charge is 0.363 e. The first-order valence-electron chi connectivity index (χ1n) is 7.84. The lowest BCUT2D eigenvalue weighted by molar-refractivity contribution is -0.131. The molecule has 0 spiro atoms. The number of carbonyl (C=O) groups excluding carboxylic acids is 1. The van der Waals surface area contributed by atoms with E-state index in [4.69, 9.17) is 23.8 Å². The second-order valence-corrected chi connectivity index (χ2v) is 6.56. The predicted octanol–water partition coefficient (Wildman–Crippen LogP) is 3.89. The lowest BCUT2D eigenvalue weighted by Gasteiger charge is -2.45. The third-order valence-corrected chi connectivity index (χ3v) is 5.12. The highest BCUT2D eigenvalue weighted by Gasteiger charge is 2.46. The summed E-state index contributed by atoms with van der Waals surface area (Å²) in [7, 11) is 1.90. The van der Waals surface area contributed by atoms with Crippen molar-refractivity contribution in [3.05, 3.63) is 34.9 Å². The molecule has 1 fully saturated rings. The molecule has 1 atom stereocenters. The second kappa shape index (κ2) is 7.42.